The van der Waals surface area contributed by atoms with Gasteiger partial charge < -0.3 is 4.74 Å². The number of ketones is 2. The fourth-order valence-corrected chi connectivity index (χ4v) is 2.99. The van der Waals surface area contributed by atoms with Crippen LogP contribution >= 0.6 is 0 Å². The summed E-state index contributed by atoms with van der Waals surface area (Å²) < 4.78 is 5.92. The highest BCUT2D eigenvalue weighted by molar-refractivity contribution is 5.89. The molecule has 0 N–H and O–H groups in total. The Hall–Kier alpha value is -0.700. The van der Waals surface area contributed by atoms with Crippen molar-refractivity contribution in [1.82, 2.24) is 0 Å². The summed E-state index contributed by atoms with van der Waals surface area (Å²) >= 11 is 0. The van der Waals surface area contributed by atoms with Gasteiger partial charge in [0.15, 0.2) is 11.6 Å². The summed E-state index contributed by atoms with van der Waals surface area (Å²) in [7, 11) is 0. The minimum atomic E-state index is -0.637. The van der Waals surface area contributed by atoms with Gasteiger partial charge in [-0.2, -0.15) is 0 Å². The molecule has 0 aromatic heterocycles. The fourth-order valence-electron chi connectivity index (χ4n) is 2.99. The molecule has 0 unspecified atom stereocenters. The Labute approximate surface area is 90.2 Å². The van der Waals surface area contributed by atoms with Gasteiger partial charge in [0.2, 0.25) is 0 Å². The highest BCUT2D eigenvalue weighted by Gasteiger charge is 2.53. The molecule has 2 rings (SSSR count). The second-order valence-electron chi connectivity index (χ2n) is 4.91. The molecule has 3 heteroatoms. The number of rotatable bonds is 2. The van der Waals surface area contributed by atoms with E-state index >= 15 is 0 Å². The van der Waals surface area contributed by atoms with Crippen molar-refractivity contribution in [1.29, 1.82) is 0 Å². The Morgan fingerprint density at radius 1 is 0.867 bits per heavy atom. The van der Waals surface area contributed by atoms with Crippen molar-refractivity contribution in [3.05, 3.63) is 0 Å². The van der Waals surface area contributed by atoms with Crippen molar-refractivity contribution in [2.75, 3.05) is 0 Å². The molecule has 84 valence electrons. The predicted molar refractivity (Wildman–Crippen MR) is 55.6 cm³/mol. The summed E-state index contributed by atoms with van der Waals surface area (Å²) in [4.78, 5) is 23.3. The summed E-state index contributed by atoms with van der Waals surface area (Å²) in [5.74, 6) is 0.181. The maximum Gasteiger partial charge on any atom is 0.161 e. The van der Waals surface area contributed by atoms with E-state index in [2.05, 4.69) is 0 Å². The van der Waals surface area contributed by atoms with Crippen molar-refractivity contribution in [2.45, 2.75) is 63.6 Å². The zero-order valence-electron chi connectivity index (χ0n) is 9.47. The van der Waals surface area contributed by atoms with Crippen LogP contribution in [0.2, 0.25) is 0 Å². The van der Waals surface area contributed by atoms with Crippen LogP contribution in [-0.2, 0) is 14.3 Å². The number of carbonyl (C=O) groups excluding carboxylic acids is 2. The normalized spacial score (nSPS) is 39.9. The van der Waals surface area contributed by atoms with Crippen LogP contribution in [0.25, 0.3) is 0 Å². The van der Waals surface area contributed by atoms with Gasteiger partial charge in [-0.05, 0) is 52.4 Å². The van der Waals surface area contributed by atoms with Gasteiger partial charge >= 0.3 is 0 Å². The summed E-state index contributed by atoms with van der Waals surface area (Å²) in [6.45, 7) is 3.17. The first-order valence-corrected chi connectivity index (χ1v) is 5.73. The average Bonchev–Trinajstić information content (AvgIpc) is 2.17. The van der Waals surface area contributed by atoms with E-state index < -0.39 is 11.2 Å². The van der Waals surface area contributed by atoms with E-state index in [4.69, 9.17) is 4.74 Å². The van der Waals surface area contributed by atoms with Gasteiger partial charge in [0.1, 0.15) is 11.2 Å². The molecule has 2 bridgehead atoms. The first-order chi connectivity index (χ1) is 7.01. The lowest BCUT2D eigenvalue weighted by Crippen LogP contribution is -2.58. The molecule has 15 heavy (non-hydrogen) atoms. The molecule has 0 saturated carbocycles. The summed E-state index contributed by atoms with van der Waals surface area (Å²) in [5, 5.41) is 0. The third-order valence-corrected chi connectivity index (χ3v) is 4.00. The molecule has 0 spiro atoms. The van der Waals surface area contributed by atoms with Crippen molar-refractivity contribution in [2.24, 2.45) is 0 Å². The third kappa shape index (κ3) is 1.53. The molecule has 0 aromatic carbocycles. The molecule has 0 radical (unpaired) electrons. The Balaban J connectivity index is 2.32. The van der Waals surface area contributed by atoms with Gasteiger partial charge in [0.05, 0.1) is 0 Å². The van der Waals surface area contributed by atoms with E-state index in [1.54, 1.807) is 13.8 Å². The van der Waals surface area contributed by atoms with Crippen LogP contribution in [0.15, 0.2) is 0 Å². The van der Waals surface area contributed by atoms with Crippen molar-refractivity contribution < 1.29 is 14.3 Å². The standard InChI is InChI=1S/C12H18O3/c1-9(13)11-5-3-7-12(15-11,10(2)14)8-4-6-11/h3-8H2,1-2H3. The van der Waals surface area contributed by atoms with Gasteiger partial charge in [-0.25, -0.2) is 0 Å². The van der Waals surface area contributed by atoms with Gasteiger partial charge in [-0.1, -0.05) is 0 Å². The second-order valence-corrected chi connectivity index (χ2v) is 4.91. The summed E-state index contributed by atoms with van der Waals surface area (Å²) in [6, 6.07) is 0. The predicted octanol–water partition coefficient (Wildman–Crippen LogP) is 2.03. The highest BCUT2D eigenvalue weighted by atomic mass is 16.5. The Morgan fingerprint density at radius 2 is 1.20 bits per heavy atom. The highest BCUT2D eigenvalue weighted by Crippen LogP contribution is 2.46. The molecular weight excluding hydrogens is 192 g/mol. The van der Waals surface area contributed by atoms with Gasteiger partial charge in [0.25, 0.3) is 0 Å². The molecule has 2 heterocycles. The number of ether oxygens (including phenoxy) is 1. The monoisotopic (exact) mass is 210 g/mol. The molecule has 2 aliphatic rings. The van der Waals surface area contributed by atoms with Crippen LogP contribution in [0.4, 0.5) is 0 Å². The van der Waals surface area contributed by atoms with E-state index in [-0.39, 0.29) is 11.6 Å². The Morgan fingerprint density at radius 3 is 1.47 bits per heavy atom. The van der Waals surface area contributed by atoms with Crippen LogP contribution in [0.3, 0.4) is 0 Å². The fraction of sp³-hybridized carbons (Fsp3) is 0.833. The SMILES string of the molecule is CC(=O)C12CCCC(C(C)=O)(CCC1)O2. The quantitative estimate of drug-likeness (QED) is 0.700. The van der Waals surface area contributed by atoms with E-state index in [9.17, 15) is 9.59 Å². The molecular formula is C12H18O3. The summed E-state index contributed by atoms with van der Waals surface area (Å²) in [5.41, 5.74) is -1.27. The van der Waals surface area contributed by atoms with E-state index in [1.807, 2.05) is 0 Å². The molecule has 0 aliphatic carbocycles. The second kappa shape index (κ2) is 3.41. The van der Waals surface area contributed by atoms with Gasteiger partial charge in [-0.15, -0.1) is 0 Å². The lowest BCUT2D eigenvalue weighted by molar-refractivity contribution is -0.214. The molecule has 2 saturated heterocycles. The van der Waals surface area contributed by atoms with Crippen LogP contribution in [0.1, 0.15) is 52.4 Å². The van der Waals surface area contributed by atoms with Crippen LogP contribution in [0, 0.1) is 0 Å². The van der Waals surface area contributed by atoms with Gasteiger partial charge in [-0.3, -0.25) is 9.59 Å². The molecule has 0 atom stereocenters. The van der Waals surface area contributed by atoms with E-state index in [0.29, 0.717) is 0 Å². The van der Waals surface area contributed by atoms with Crippen molar-refractivity contribution >= 4 is 11.6 Å². The van der Waals surface area contributed by atoms with E-state index in [1.165, 1.54) is 0 Å². The smallest absolute Gasteiger partial charge is 0.161 e. The number of carbonyl (C=O) groups is 2. The molecule has 2 aliphatic heterocycles. The van der Waals surface area contributed by atoms with Gasteiger partial charge in [0, 0.05) is 0 Å². The maximum absolute atomic E-state index is 11.7. The molecule has 0 amide bonds. The van der Waals surface area contributed by atoms with Crippen LogP contribution in [-0.4, -0.2) is 22.8 Å². The molecule has 0 aromatic rings. The first-order valence-electron chi connectivity index (χ1n) is 5.73. The van der Waals surface area contributed by atoms with Crippen molar-refractivity contribution in [3.63, 3.8) is 0 Å². The number of Topliss-reactive ketones (excluding diaryl/α,β-unsaturated/α-hetero) is 2. The first kappa shape index (κ1) is 10.8. The van der Waals surface area contributed by atoms with Crippen LogP contribution in [0.5, 0.6) is 0 Å². The lowest BCUT2D eigenvalue weighted by atomic mass is 9.72. The lowest BCUT2D eigenvalue weighted by Gasteiger charge is -2.50. The maximum atomic E-state index is 11.7. The Bertz CT molecular complexity index is 268. The van der Waals surface area contributed by atoms with Crippen molar-refractivity contribution in [3.8, 4) is 0 Å². The molecule has 3 nitrogen and oxygen atoms in total. The average molecular weight is 210 g/mol. The summed E-state index contributed by atoms with van der Waals surface area (Å²) in [6.07, 6.45) is 5.02. The number of hydrogen-bond donors (Lipinski definition) is 0. The Kier molecular flexibility index (Phi) is 2.45. The third-order valence-electron chi connectivity index (χ3n) is 4.00. The topological polar surface area (TPSA) is 43.4 Å². The largest absolute Gasteiger partial charge is 0.353 e. The molecule has 2 fully saturated rings. The number of fused-ring (bicyclic) bond motifs is 2. The zero-order valence-corrected chi connectivity index (χ0v) is 9.47. The zero-order chi connectivity index (χ0) is 11.1. The van der Waals surface area contributed by atoms with E-state index in [0.717, 1.165) is 38.5 Å². The van der Waals surface area contributed by atoms with Crippen LogP contribution < -0.4 is 0 Å². The minimum absolute atomic E-state index is 0.0903. The number of hydrogen-bond acceptors (Lipinski definition) is 3. The minimum Gasteiger partial charge on any atom is -0.353 e.